The van der Waals surface area contributed by atoms with Crippen molar-refractivity contribution < 1.29 is 14.3 Å². The maximum Gasteiger partial charge on any atom is 0.332 e. The van der Waals surface area contributed by atoms with Crippen molar-refractivity contribution in [3.8, 4) is 0 Å². The molecule has 0 aromatic heterocycles. The van der Waals surface area contributed by atoms with E-state index in [1.54, 1.807) is 6.92 Å². The standard InChI is InChI=1S/C15H23NO3/c1-4-19-15(17)11-18-10-9-16-14-8-6-5-7-13(14)12(2)3/h5-8,12,16H,4,9-11H2,1-3H3. The zero-order valence-corrected chi connectivity index (χ0v) is 11.9. The smallest absolute Gasteiger partial charge is 0.332 e. The van der Waals surface area contributed by atoms with Crippen LogP contribution < -0.4 is 5.32 Å². The van der Waals surface area contributed by atoms with Gasteiger partial charge in [0.15, 0.2) is 0 Å². The summed E-state index contributed by atoms with van der Waals surface area (Å²) in [6, 6.07) is 8.22. The highest BCUT2D eigenvalue weighted by molar-refractivity contribution is 5.70. The van der Waals surface area contributed by atoms with E-state index in [1.807, 2.05) is 12.1 Å². The molecule has 0 atom stereocenters. The first-order valence-corrected chi connectivity index (χ1v) is 6.71. The SMILES string of the molecule is CCOC(=O)COCCNc1ccccc1C(C)C. The van der Waals surface area contributed by atoms with Crippen molar-refractivity contribution in [1.82, 2.24) is 0 Å². The van der Waals surface area contributed by atoms with Crippen LogP contribution in [0, 0.1) is 0 Å². The molecule has 1 N–H and O–H groups in total. The van der Waals surface area contributed by atoms with E-state index in [0.29, 0.717) is 25.7 Å². The highest BCUT2D eigenvalue weighted by Gasteiger charge is 2.05. The third-order valence-electron chi connectivity index (χ3n) is 2.67. The first-order chi connectivity index (χ1) is 9.15. The number of para-hydroxylation sites is 1. The van der Waals surface area contributed by atoms with Gasteiger partial charge < -0.3 is 14.8 Å². The van der Waals surface area contributed by atoms with Gasteiger partial charge in [0.05, 0.1) is 13.2 Å². The number of carbonyl (C=O) groups excluding carboxylic acids is 1. The van der Waals surface area contributed by atoms with Crippen LogP contribution in [0.3, 0.4) is 0 Å². The van der Waals surface area contributed by atoms with E-state index in [0.717, 1.165) is 5.69 Å². The largest absolute Gasteiger partial charge is 0.464 e. The minimum atomic E-state index is -0.315. The van der Waals surface area contributed by atoms with E-state index in [4.69, 9.17) is 9.47 Å². The fraction of sp³-hybridized carbons (Fsp3) is 0.533. The molecule has 0 unspecified atom stereocenters. The van der Waals surface area contributed by atoms with Crippen molar-refractivity contribution in [2.75, 3.05) is 31.7 Å². The third-order valence-corrected chi connectivity index (χ3v) is 2.67. The van der Waals surface area contributed by atoms with E-state index in [9.17, 15) is 4.79 Å². The summed E-state index contributed by atoms with van der Waals surface area (Å²) in [4.78, 5) is 11.1. The Morgan fingerprint density at radius 1 is 1.32 bits per heavy atom. The van der Waals surface area contributed by atoms with Crippen molar-refractivity contribution in [3.63, 3.8) is 0 Å². The number of benzene rings is 1. The quantitative estimate of drug-likeness (QED) is 0.580. The number of nitrogens with one attached hydrogen (secondary N) is 1. The van der Waals surface area contributed by atoms with E-state index < -0.39 is 0 Å². The Kier molecular flexibility index (Phi) is 6.97. The molecule has 0 amide bonds. The van der Waals surface area contributed by atoms with Crippen LogP contribution >= 0.6 is 0 Å². The van der Waals surface area contributed by atoms with E-state index in [2.05, 4.69) is 31.3 Å². The number of esters is 1. The molecular weight excluding hydrogens is 242 g/mol. The highest BCUT2D eigenvalue weighted by atomic mass is 16.6. The van der Waals surface area contributed by atoms with Gasteiger partial charge in [-0.25, -0.2) is 4.79 Å². The second kappa shape index (κ2) is 8.53. The molecule has 0 aliphatic carbocycles. The van der Waals surface area contributed by atoms with Gasteiger partial charge in [-0.15, -0.1) is 0 Å². The van der Waals surface area contributed by atoms with Crippen LogP contribution in [0.4, 0.5) is 5.69 Å². The highest BCUT2D eigenvalue weighted by Crippen LogP contribution is 2.23. The summed E-state index contributed by atoms with van der Waals surface area (Å²) in [6.07, 6.45) is 0. The Bertz CT molecular complexity index is 391. The molecule has 19 heavy (non-hydrogen) atoms. The van der Waals surface area contributed by atoms with Crippen molar-refractivity contribution >= 4 is 11.7 Å². The Labute approximate surface area is 115 Å². The predicted octanol–water partition coefficient (Wildman–Crippen LogP) is 2.80. The zero-order chi connectivity index (χ0) is 14.1. The van der Waals surface area contributed by atoms with Gasteiger partial charge in [-0.3, -0.25) is 0 Å². The zero-order valence-electron chi connectivity index (χ0n) is 11.9. The molecule has 0 aliphatic rings. The molecule has 0 bridgehead atoms. The lowest BCUT2D eigenvalue weighted by Gasteiger charge is -2.14. The number of ether oxygens (including phenoxy) is 2. The van der Waals surface area contributed by atoms with Gasteiger partial charge >= 0.3 is 5.97 Å². The molecule has 1 aromatic carbocycles. The Balaban J connectivity index is 2.28. The molecule has 1 aromatic rings. The molecule has 0 fully saturated rings. The molecule has 0 radical (unpaired) electrons. The van der Waals surface area contributed by atoms with Crippen LogP contribution in [0.2, 0.25) is 0 Å². The second-order valence-corrected chi connectivity index (χ2v) is 4.53. The summed E-state index contributed by atoms with van der Waals surface area (Å²) in [5, 5.41) is 3.32. The molecule has 0 aliphatic heterocycles. The van der Waals surface area contributed by atoms with Crippen LogP contribution in [0.5, 0.6) is 0 Å². The van der Waals surface area contributed by atoms with Gasteiger partial charge in [-0.2, -0.15) is 0 Å². The summed E-state index contributed by atoms with van der Waals surface area (Å²) in [7, 11) is 0. The van der Waals surface area contributed by atoms with E-state index >= 15 is 0 Å². The maximum absolute atomic E-state index is 11.1. The van der Waals surface area contributed by atoms with Crippen molar-refractivity contribution in [1.29, 1.82) is 0 Å². The fourth-order valence-corrected chi connectivity index (χ4v) is 1.78. The number of rotatable bonds is 8. The van der Waals surface area contributed by atoms with E-state index in [1.165, 1.54) is 5.56 Å². The normalized spacial score (nSPS) is 10.5. The predicted molar refractivity (Wildman–Crippen MR) is 76.5 cm³/mol. The molecular formula is C15H23NO3. The van der Waals surface area contributed by atoms with Crippen LogP contribution in [0.1, 0.15) is 32.3 Å². The van der Waals surface area contributed by atoms with Crippen LogP contribution in [0.25, 0.3) is 0 Å². The summed E-state index contributed by atoms with van der Waals surface area (Å²) in [6.45, 7) is 7.66. The first-order valence-electron chi connectivity index (χ1n) is 6.71. The lowest BCUT2D eigenvalue weighted by molar-refractivity contribution is -0.148. The molecule has 0 heterocycles. The first kappa shape index (κ1) is 15.5. The molecule has 0 saturated carbocycles. The molecule has 1 rings (SSSR count). The fourth-order valence-electron chi connectivity index (χ4n) is 1.78. The number of hydrogen-bond donors (Lipinski definition) is 1. The average molecular weight is 265 g/mol. The summed E-state index contributed by atoms with van der Waals surface area (Å²) in [5.41, 5.74) is 2.41. The lowest BCUT2D eigenvalue weighted by atomic mass is 10.0. The third kappa shape index (κ3) is 5.75. The number of hydrogen-bond acceptors (Lipinski definition) is 4. The molecule has 106 valence electrons. The average Bonchev–Trinajstić information content (AvgIpc) is 2.39. The van der Waals surface area contributed by atoms with Crippen LogP contribution in [-0.4, -0.2) is 32.3 Å². The van der Waals surface area contributed by atoms with Gasteiger partial charge in [-0.1, -0.05) is 32.0 Å². The molecule has 0 spiro atoms. The van der Waals surface area contributed by atoms with E-state index in [-0.39, 0.29) is 12.6 Å². The summed E-state index contributed by atoms with van der Waals surface area (Å²) in [5.74, 6) is 0.161. The summed E-state index contributed by atoms with van der Waals surface area (Å²) < 4.78 is 10.0. The minimum Gasteiger partial charge on any atom is -0.464 e. The van der Waals surface area contributed by atoms with Gasteiger partial charge in [0, 0.05) is 12.2 Å². The van der Waals surface area contributed by atoms with Gasteiger partial charge in [0.25, 0.3) is 0 Å². The van der Waals surface area contributed by atoms with Gasteiger partial charge in [0.2, 0.25) is 0 Å². The number of anilines is 1. The lowest BCUT2D eigenvalue weighted by Crippen LogP contribution is -2.17. The van der Waals surface area contributed by atoms with Crippen molar-refractivity contribution in [2.45, 2.75) is 26.7 Å². The van der Waals surface area contributed by atoms with Crippen molar-refractivity contribution in [2.24, 2.45) is 0 Å². The maximum atomic E-state index is 11.1. The molecule has 4 heteroatoms. The molecule has 4 nitrogen and oxygen atoms in total. The summed E-state index contributed by atoms with van der Waals surface area (Å²) >= 11 is 0. The molecule has 0 saturated heterocycles. The van der Waals surface area contributed by atoms with Crippen molar-refractivity contribution in [3.05, 3.63) is 29.8 Å². The van der Waals surface area contributed by atoms with Crippen LogP contribution in [0.15, 0.2) is 24.3 Å². The number of carbonyl (C=O) groups is 1. The monoisotopic (exact) mass is 265 g/mol. The Hall–Kier alpha value is -1.55. The van der Waals surface area contributed by atoms with Gasteiger partial charge in [-0.05, 0) is 24.5 Å². The second-order valence-electron chi connectivity index (χ2n) is 4.53. The van der Waals surface area contributed by atoms with Gasteiger partial charge in [0.1, 0.15) is 6.61 Å². The minimum absolute atomic E-state index is 0.0152. The van der Waals surface area contributed by atoms with Crippen LogP contribution in [-0.2, 0) is 14.3 Å². The Morgan fingerprint density at radius 3 is 2.74 bits per heavy atom. The Morgan fingerprint density at radius 2 is 2.05 bits per heavy atom. The topological polar surface area (TPSA) is 47.6 Å².